The predicted molar refractivity (Wildman–Crippen MR) is 45.5 cm³/mol. The van der Waals surface area contributed by atoms with Crippen molar-refractivity contribution >= 4 is 0 Å². The molecule has 0 radical (unpaired) electrons. The van der Waals surface area contributed by atoms with Crippen LogP contribution in [0.15, 0.2) is 6.33 Å². The van der Waals surface area contributed by atoms with Gasteiger partial charge in [-0.2, -0.15) is 5.10 Å². The van der Waals surface area contributed by atoms with Crippen molar-refractivity contribution < 1.29 is 0 Å². The maximum atomic E-state index is 4.09. The van der Waals surface area contributed by atoms with Crippen molar-refractivity contribution in [2.45, 2.75) is 31.8 Å². The first-order chi connectivity index (χ1) is 5.86. The van der Waals surface area contributed by atoms with E-state index in [4.69, 9.17) is 0 Å². The molecule has 0 atom stereocenters. The van der Waals surface area contributed by atoms with Crippen molar-refractivity contribution in [2.24, 2.45) is 0 Å². The zero-order valence-electron chi connectivity index (χ0n) is 7.32. The second-order valence-electron chi connectivity index (χ2n) is 3.43. The molecule has 2 rings (SSSR count). The first kappa shape index (κ1) is 7.73. The highest BCUT2D eigenvalue weighted by molar-refractivity contribution is 4.84. The topological polar surface area (TPSA) is 44.8 Å². The highest BCUT2D eigenvalue weighted by Crippen LogP contribution is 2.23. The Morgan fingerprint density at radius 2 is 2.50 bits per heavy atom. The molecule has 0 unspecified atom stereocenters. The summed E-state index contributed by atoms with van der Waals surface area (Å²) in [5, 5.41) is 6.68. The van der Waals surface area contributed by atoms with E-state index >= 15 is 0 Å². The lowest BCUT2D eigenvalue weighted by molar-refractivity contribution is 0.149. The van der Waals surface area contributed by atoms with Crippen LogP contribution in [-0.4, -0.2) is 33.2 Å². The maximum absolute atomic E-state index is 4.09. The van der Waals surface area contributed by atoms with Crippen molar-refractivity contribution in [1.82, 2.24) is 20.1 Å². The fraction of sp³-hybridized carbons (Fsp3) is 0.750. The summed E-state index contributed by atoms with van der Waals surface area (Å²) >= 11 is 0. The minimum absolute atomic E-state index is 0.773. The lowest BCUT2D eigenvalue weighted by atomic mass is 9.92. The quantitative estimate of drug-likeness (QED) is 0.722. The van der Waals surface area contributed by atoms with E-state index in [-0.39, 0.29) is 0 Å². The molecule has 12 heavy (non-hydrogen) atoms. The van der Waals surface area contributed by atoms with E-state index in [2.05, 4.69) is 27.1 Å². The molecule has 1 fully saturated rings. The summed E-state index contributed by atoms with van der Waals surface area (Å²) in [4.78, 5) is 6.43. The summed E-state index contributed by atoms with van der Waals surface area (Å²) in [6.45, 7) is 0.894. The smallest absolute Gasteiger partial charge is 0.138 e. The van der Waals surface area contributed by atoms with E-state index in [1.165, 1.54) is 19.3 Å². The van der Waals surface area contributed by atoms with Gasteiger partial charge in [0.15, 0.2) is 0 Å². The molecule has 1 aliphatic rings. The molecule has 66 valence electrons. The molecule has 1 saturated carbocycles. The molecule has 1 aromatic rings. The van der Waals surface area contributed by atoms with Gasteiger partial charge in [-0.15, -0.1) is 0 Å². The van der Waals surface area contributed by atoms with Gasteiger partial charge in [-0.1, -0.05) is 6.42 Å². The second-order valence-corrected chi connectivity index (χ2v) is 3.43. The lowest BCUT2D eigenvalue weighted by Crippen LogP contribution is -2.36. The highest BCUT2D eigenvalue weighted by Gasteiger charge is 2.22. The first-order valence-corrected chi connectivity index (χ1v) is 4.41. The average Bonchev–Trinajstić information content (AvgIpc) is 2.34. The molecule has 0 saturated heterocycles. The van der Waals surface area contributed by atoms with Gasteiger partial charge in [0.05, 0.1) is 6.54 Å². The van der Waals surface area contributed by atoms with E-state index in [0.717, 1.165) is 18.4 Å². The zero-order chi connectivity index (χ0) is 8.39. The predicted octanol–water partition coefficient (Wildman–Crippen LogP) is 0.789. The molecule has 0 bridgehead atoms. The molecule has 1 aliphatic carbocycles. The molecule has 4 heteroatoms. The molecule has 0 aromatic carbocycles. The van der Waals surface area contributed by atoms with E-state index in [1.54, 1.807) is 6.33 Å². The number of rotatable bonds is 3. The largest absolute Gasteiger partial charge is 0.296 e. The summed E-state index contributed by atoms with van der Waals surface area (Å²) in [6, 6.07) is 0.773. The number of hydrogen-bond donors (Lipinski definition) is 1. The number of hydrogen-bond acceptors (Lipinski definition) is 3. The molecule has 1 N–H and O–H groups in total. The van der Waals surface area contributed by atoms with Crippen LogP contribution in [0.25, 0.3) is 0 Å². The Kier molecular flexibility index (Phi) is 2.08. The van der Waals surface area contributed by atoms with Crippen LogP contribution < -0.4 is 0 Å². The van der Waals surface area contributed by atoms with E-state index in [0.29, 0.717) is 0 Å². The van der Waals surface area contributed by atoms with E-state index < -0.39 is 0 Å². The average molecular weight is 166 g/mol. The summed E-state index contributed by atoms with van der Waals surface area (Å²) in [5.41, 5.74) is 0. The van der Waals surface area contributed by atoms with Crippen molar-refractivity contribution in [1.29, 1.82) is 0 Å². The molecule has 0 amide bonds. The van der Waals surface area contributed by atoms with Gasteiger partial charge >= 0.3 is 0 Å². The van der Waals surface area contributed by atoms with Gasteiger partial charge in [0.25, 0.3) is 0 Å². The van der Waals surface area contributed by atoms with Crippen LogP contribution in [0, 0.1) is 0 Å². The first-order valence-electron chi connectivity index (χ1n) is 4.41. The van der Waals surface area contributed by atoms with Gasteiger partial charge in [-0.05, 0) is 19.9 Å². The number of H-pyrrole nitrogens is 1. The van der Waals surface area contributed by atoms with Gasteiger partial charge < -0.3 is 0 Å². The van der Waals surface area contributed by atoms with Crippen molar-refractivity contribution in [3.63, 3.8) is 0 Å². The monoisotopic (exact) mass is 166 g/mol. The molecule has 4 nitrogen and oxygen atoms in total. The minimum Gasteiger partial charge on any atom is -0.296 e. The van der Waals surface area contributed by atoms with Crippen LogP contribution >= 0.6 is 0 Å². The Balaban J connectivity index is 1.86. The number of nitrogens with one attached hydrogen (secondary N) is 1. The Morgan fingerprint density at radius 1 is 1.67 bits per heavy atom. The normalized spacial score (nSPS) is 18.2. The fourth-order valence-electron chi connectivity index (χ4n) is 1.50. The molecule has 0 aliphatic heterocycles. The van der Waals surface area contributed by atoms with Gasteiger partial charge in [0.2, 0.25) is 0 Å². The van der Waals surface area contributed by atoms with Crippen LogP contribution in [-0.2, 0) is 6.54 Å². The minimum atomic E-state index is 0.773. The Morgan fingerprint density at radius 3 is 3.00 bits per heavy atom. The second kappa shape index (κ2) is 3.23. The van der Waals surface area contributed by atoms with Crippen LogP contribution in [0.2, 0.25) is 0 Å². The number of aromatic nitrogens is 3. The fourth-order valence-corrected chi connectivity index (χ4v) is 1.50. The Bertz CT molecular complexity index is 227. The summed E-state index contributed by atoms with van der Waals surface area (Å²) in [7, 11) is 2.15. The SMILES string of the molecule is CN(Cc1ncn[nH]1)C1CCC1. The van der Waals surface area contributed by atoms with Crippen LogP contribution in [0.5, 0.6) is 0 Å². The molecule has 0 spiro atoms. The zero-order valence-corrected chi connectivity index (χ0v) is 7.32. The third kappa shape index (κ3) is 1.48. The number of nitrogens with zero attached hydrogens (tertiary/aromatic N) is 3. The van der Waals surface area contributed by atoms with Gasteiger partial charge in [-0.25, -0.2) is 4.98 Å². The lowest BCUT2D eigenvalue weighted by Gasteiger charge is -2.33. The summed E-state index contributed by atoms with van der Waals surface area (Å²) in [6.07, 6.45) is 5.62. The third-order valence-electron chi connectivity index (χ3n) is 2.56. The van der Waals surface area contributed by atoms with E-state index in [9.17, 15) is 0 Å². The molecular formula is C8H14N4. The molecule has 1 aromatic heterocycles. The molecular weight excluding hydrogens is 152 g/mol. The van der Waals surface area contributed by atoms with Crippen molar-refractivity contribution in [2.75, 3.05) is 7.05 Å². The Hall–Kier alpha value is -0.900. The highest BCUT2D eigenvalue weighted by atomic mass is 15.2. The van der Waals surface area contributed by atoms with Crippen LogP contribution in [0.1, 0.15) is 25.1 Å². The summed E-state index contributed by atoms with van der Waals surface area (Å²) in [5.74, 6) is 0.962. The van der Waals surface area contributed by atoms with Gasteiger partial charge in [0, 0.05) is 6.04 Å². The maximum Gasteiger partial charge on any atom is 0.138 e. The third-order valence-corrected chi connectivity index (χ3v) is 2.56. The van der Waals surface area contributed by atoms with Crippen LogP contribution in [0.4, 0.5) is 0 Å². The standard InChI is InChI=1S/C8H14N4/c1-12(7-3-2-4-7)5-8-9-6-10-11-8/h6-7H,2-5H2,1H3,(H,9,10,11). The van der Waals surface area contributed by atoms with Crippen molar-refractivity contribution in [3.05, 3.63) is 12.2 Å². The summed E-state index contributed by atoms with van der Waals surface area (Å²) < 4.78 is 0. The van der Waals surface area contributed by atoms with E-state index in [1.807, 2.05) is 0 Å². The molecule has 1 heterocycles. The Labute approximate surface area is 72.0 Å². The van der Waals surface area contributed by atoms with Crippen molar-refractivity contribution in [3.8, 4) is 0 Å². The van der Waals surface area contributed by atoms with Crippen LogP contribution in [0.3, 0.4) is 0 Å². The van der Waals surface area contributed by atoms with Gasteiger partial charge in [-0.3, -0.25) is 10.00 Å². The number of aromatic amines is 1. The van der Waals surface area contributed by atoms with Gasteiger partial charge in [0.1, 0.15) is 12.2 Å².